The summed E-state index contributed by atoms with van der Waals surface area (Å²) in [4.78, 5) is 27.2. The van der Waals surface area contributed by atoms with Gasteiger partial charge in [0.2, 0.25) is 5.91 Å². The number of rotatable bonds is 4. The Morgan fingerprint density at radius 2 is 1.65 bits per heavy atom. The largest absolute Gasteiger partial charge is 0.480 e. The van der Waals surface area contributed by atoms with Gasteiger partial charge in [0.25, 0.3) is 0 Å². The number of amides is 1. The van der Waals surface area contributed by atoms with Crippen molar-refractivity contribution in [1.82, 2.24) is 9.80 Å². The lowest BCUT2D eigenvalue weighted by atomic mass is 9.73. The Kier molecular flexibility index (Phi) is 4.99. The number of nitrogens with two attached hydrogens (primary N) is 1. The quantitative estimate of drug-likeness (QED) is 0.765. The standard InChI is InChI=1S/C14H25N3O3/c15-11-14(4-2-1-3-5-14)13(20)17-8-6-16(7-9-17)10-12(18)19/h1-11,15H2,(H,18,19). The molecule has 1 aliphatic heterocycles. The highest BCUT2D eigenvalue weighted by molar-refractivity contribution is 5.83. The zero-order valence-electron chi connectivity index (χ0n) is 12.0. The number of carboxylic acid groups (broad SMARTS) is 1. The topological polar surface area (TPSA) is 86.9 Å². The van der Waals surface area contributed by atoms with Gasteiger partial charge in [-0.15, -0.1) is 0 Å². The van der Waals surface area contributed by atoms with Crippen LogP contribution in [0.5, 0.6) is 0 Å². The molecule has 1 heterocycles. The monoisotopic (exact) mass is 283 g/mol. The van der Waals surface area contributed by atoms with Crippen LogP contribution in [0.2, 0.25) is 0 Å². The second-order valence-electron chi connectivity index (χ2n) is 6.01. The molecular formula is C14H25N3O3. The van der Waals surface area contributed by atoms with E-state index in [1.807, 2.05) is 9.80 Å². The maximum absolute atomic E-state index is 12.7. The fraction of sp³-hybridized carbons (Fsp3) is 0.857. The molecule has 114 valence electrons. The summed E-state index contributed by atoms with van der Waals surface area (Å²) in [6.07, 6.45) is 5.17. The molecule has 6 nitrogen and oxygen atoms in total. The number of carboxylic acids is 1. The van der Waals surface area contributed by atoms with Crippen molar-refractivity contribution in [1.29, 1.82) is 0 Å². The molecule has 0 aromatic heterocycles. The van der Waals surface area contributed by atoms with Gasteiger partial charge in [-0.3, -0.25) is 14.5 Å². The van der Waals surface area contributed by atoms with Gasteiger partial charge >= 0.3 is 5.97 Å². The van der Waals surface area contributed by atoms with E-state index in [1.165, 1.54) is 6.42 Å². The zero-order valence-corrected chi connectivity index (χ0v) is 12.0. The van der Waals surface area contributed by atoms with Gasteiger partial charge in [0, 0.05) is 32.7 Å². The number of hydrogen-bond acceptors (Lipinski definition) is 4. The van der Waals surface area contributed by atoms with E-state index >= 15 is 0 Å². The molecule has 2 rings (SSSR count). The molecular weight excluding hydrogens is 258 g/mol. The maximum Gasteiger partial charge on any atom is 0.317 e. The van der Waals surface area contributed by atoms with E-state index in [1.54, 1.807) is 0 Å². The minimum absolute atomic E-state index is 0.0596. The van der Waals surface area contributed by atoms with Gasteiger partial charge in [0.15, 0.2) is 0 Å². The summed E-state index contributed by atoms with van der Waals surface area (Å²) in [6, 6.07) is 0. The van der Waals surface area contributed by atoms with Crippen LogP contribution in [0.15, 0.2) is 0 Å². The second-order valence-corrected chi connectivity index (χ2v) is 6.01. The molecule has 2 aliphatic rings. The van der Waals surface area contributed by atoms with Gasteiger partial charge in [0.05, 0.1) is 12.0 Å². The van der Waals surface area contributed by atoms with Gasteiger partial charge in [0.1, 0.15) is 0 Å². The molecule has 0 spiro atoms. The molecule has 1 aliphatic carbocycles. The average molecular weight is 283 g/mol. The highest BCUT2D eigenvalue weighted by Crippen LogP contribution is 2.37. The molecule has 1 saturated heterocycles. The lowest BCUT2D eigenvalue weighted by molar-refractivity contribution is -0.146. The SMILES string of the molecule is NCC1(C(=O)N2CCN(CC(=O)O)CC2)CCCCC1. The zero-order chi connectivity index (χ0) is 14.6. The number of carbonyl (C=O) groups excluding carboxylic acids is 1. The lowest BCUT2D eigenvalue weighted by Crippen LogP contribution is -2.56. The summed E-state index contributed by atoms with van der Waals surface area (Å²) < 4.78 is 0. The molecule has 0 unspecified atom stereocenters. The van der Waals surface area contributed by atoms with Crippen molar-refractivity contribution >= 4 is 11.9 Å². The second kappa shape index (κ2) is 6.54. The smallest absolute Gasteiger partial charge is 0.317 e. The van der Waals surface area contributed by atoms with Crippen LogP contribution in [0.3, 0.4) is 0 Å². The first-order valence-electron chi connectivity index (χ1n) is 7.51. The van der Waals surface area contributed by atoms with Crippen LogP contribution < -0.4 is 5.73 Å². The summed E-state index contributed by atoms with van der Waals surface area (Å²) >= 11 is 0. The summed E-state index contributed by atoms with van der Waals surface area (Å²) in [6.45, 7) is 3.00. The molecule has 6 heteroatoms. The molecule has 2 fully saturated rings. The van der Waals surface area contributed by atoms with Crippen molar-refractivity contribution < 1.29 is 14.7 Å². The summed E-state index contributed by atoms with van der Waals surface area (Å²) in [5.41, 5.74) is 5.55. The van der Waals surface area contributed by atoms with Gasteiger partial charge in [-0.25, -0.2) is 0 Å². The predicted octanol–water partition coefficient (Wildman–Crippen LogP) is 0.124. The molecule has 0 bridgehead atoms. The highest BCUT2D eigenvalue weighted by atomic mass is 16.4. The first kappa shape index (κ1) is 15.3. The van der Waals surface area contributed by atoms with Crippen LogP contribution in [0, 0.1) is 5.41 Å². The summed E-state index contributed by atoms with van der Waals surface area (Å²) in [5, 5.41) is 8.79. The molecule has 0 aromatic rings. The Morgan fingerprint density at radius 3 is 2.15 bits per heavy atom. The molecule has 0 aromatic carbocycles. The first-order chi connectivity index (χ1) is 9.57. The Hall–Kier alpha value is -1.14. The van der Waals surface area contributed by atoms with Gasteiger partial charge in [-0.1, -0.05) is 19.3 Å². The normalized spacial score (nSPS) is 23.6. The Bertz CT molecular complexity index is 359. The molecule has 0 radical (unpaired) electrons. The molecule has 20 heavy (non-hydrogen) atoms. The van der Waals surface area contributed by atoms with Gasteiger partial charge < -0.3 is 15.7 Å². The minimum Gasteiger partial charge on any atom is -0.480 e. The highest BCUT2D eigenvalue weighted by Gasteiger charge is 2.41. The Balaban J connectivity index is 1.92. The third kappa shape index (κ3) is 3.30. The van der Waals surface area contributed by atoms with E-state index in [9.17, 15) is 9.59 Å². The third-order valence-electron chi connectivity index (χ3n) is 4.67. The van der Waals surface area contributed by atoms with E-state index in [4.69, 9.17) is 10.8 Å². The number of hydrogen-bond donors (Lipinski definition) is 2. The number of piperazine rings is 1. The third-order valence-corrected chi connectivity index (χ3v) is 4.67. The lowest BCUT2D eigenvalue weighted by Gasteiger charge is -2.42. The molecule has 1 amide bonds. The van der Waals surface area contributed by atoms with Crippen LogP contribution in [-0.2, 0) is 9.59 Å². The van der Waals surface area contributed by atoms with Crippen molar-refractivity contribution in [3.63, 3.8) is 0 Å². The summed E-state index contributed by atoms with van der Waals surface area (Å²) in [7, 11) is 0. The van der Waals surface area contributed by atoms with Crippen molar-refractivity contribution in [3.8, 4) is 0 Å². The van der Waals surface area contributed by atoms with Crippen molar-refractivity contribution in [2.24, 2.45) is 11.1 Å². The van der Waals surface area contributed by atoms with Crippen LogP contribution >= 0.6 is 0 Å². The van der Waals surface area contributed by atoms with Crippen LogP contribution in [0.1, 0.15) is 32.1 Å². The molecule has 1 saturated carbocycles. The van der Waals surface area contributed by atoms with Crippen molar-refractivity contribution in [2.45, 2.75) is 32.1 Å². The number of carbonyl (C=O) groups is 2. The van der Waals surface area contributed by atoms with Crippen molar-refractivity contribution in [2.75, 3.05) is 39.3 Å². The number of nitrogens with zero attached hydrogens (tertiary/aromatic N) is 2. The maximum atomic E-state index is 12.7. The summed E-state index contributed by atoms with van der Waals surface area (Å²) in [5.74, 6) is -0.620. The van der Waals surface area contributed by atoms with E-state index in [0.717, 1.165) is 25.7 Å². The molecule has 0 atom stereocenters. The number of aliphatic carboxylic acids is 1. The van der Waals surface area contributed by atoms with E-state index in [-0.39, 0.29) is 17.9 Å². The van der Waals surface area contributed by atoms with E-state index in [2.05, 4.69) is 0 Å². The van der Waals surface area contributed by atoms with Crippen LogP contribution in [0.25, 0.3) is 0 Å². The predicted molar refractivity (Wildman–Crippen MR) is 75.2 cm³/mol. The van der Waals surface area contributed by atoms with Gasteiger partial charge in [-0.05, 0) is 12.8 Å². The first-order valence-corrected chi connectivity index (χ1v) is 7.51. The Morgan fingerprint density at radius 1 is 1.05 bits per heavy atom. The fourth-order valence-corrected chi connectivity index (χ4v) is 3.37. The molecule has 3 N–H and O–H groups in total. The van der Waals surface area contributed by atoms with Crippen LogP contribution in [-0.4, -0.2) is 66.1 Å². The van der Waals surface area contributed by atoms with E-state index in [0.29, 0.717) is 32.7 Å². The van der Waals surface area contributed by atoms with Gasteiger partial charge in [-0.2, -0.15) is 0 Å². The Labute approximate surface area is 119 Å². The van der Waals surface area contributed by atoms with E-state index < -0.39 is 5.97 Å². The fourth-order valence-electron chi connectivity index (χ4n) is 3.37. The van der Waals surface area contributed by atoms with Crippen molar-refractivity contribution in [3.05, 3.63) is 0 Å². The van der Waals surface area contributed by atoms with Crippen LogP contribution in [0.4, 0.5) is 0 Å². The minimum atomic E-state index is -0.810. The average Bonchev–Trinajstić information content (AvgIpc) is 2.47.